The van der Waals surface area contributed by atoms with Crippen LogP contribution < -0.4 is 10.5 Å². The summed E-state index contributed by atoms with van der Waals surface area (Å²) in [7, 11) is 1.66. The van der Waals surface area contributed by atoms with E-state index in [1.165, 1.54) is 40.6 Å². The van der Waals surface area contributed by atoms with Crippen LogP contribution in [-0.2, 0) is 6.42 Å². The molecule has 5 heteroatoms. The summed E-state index contributed by atoms with van der Waals surface area (Å²) in [6.07, 6.45) is 6.36. The second-order valence-corrected chi connectivity index (χ2v) is 8.01. The Morgan fingerprint density at radius 1 is 1.21 bits per heavy atom. The van der Waals surface area contributed by atoms with Crippen molar-refractivity contribution in [3.63, 3.8) is 0 Å². The summed E-state index contributed by atoms with van der Waals surface area (Å²) in [6, 6.07) is 11.0. The Hall–Kier alpha value is -2.37. The molecule has 3 N–H and O–H groups in total. The Morgan fingerprint density at radius 3 is 2.69 bits per heavy atom. The minimum Gasteiger partial charge on any atom is -0.481 e. The number of pyridine rings is 1. The largest absolute Gasteiger partial charge is 0.481 e. The highest BCUT2D eigenvalue weighted by Gasteiger charge is 2.24. The maximum atomic E-state index is 6.23. The highest BCUT2D eigenvalue weighted by Crippen LogP contribution is 2.35. The first-order valence-corrected chi connectivity index (χ1v) is 10.8. The van der Waals surface area contributed by atoms with E-state index in [1.54, 1.807) is 13.3 Å². The summed E-state index contributed by atoms with van der Waals surface area (Å²) in [5.41, 5.74) is 12.5. The molecule has 5 nitrogen and oxygen atoms in total. The molecule has 0 aliphatic carbocycles. The van der Waals surface area contributed by atoms with Crippen LogP contribution in [0.3, 0.4) is 0 Å². The number of ether oxygens (including phenoxy) is 1. The number of aromatic amines is 1. The number of fused-ring (bicyclic) bond motifs is 1. The molecule has 154 valence electrons. The highest BCUT2D eigenvalue weighted by atomic mass is 16.5. The van der Waals surface area contributed by atoms with Gasteiger partial charge in [-0.25, -0.2) is 4.98 Å². The van der Waals surface area contributed by atoms with E-state index in [0.29, 0.717) is 11.8 Å². The number of nitrogens with zero attached hydrogens (tertiary/aromatic N) is 2. The van der Waals surface area contributed by atoms with Gasteiger partial charge in [0.1, 0.15) is 0 Å². The van der Waals surface area contributed by atoms with E-state index < -0.39 is 0 Å². The first-order valence-electron chi connectivity index (χ1n) is 10.8. The van der Waals surface area contributed by atoms with Gasteiger partial charge in [0.2, 0.25) is 5.88 Å². The van der Waals surface area contributed by atoms with Gasteiger partial charge in [0.15, 0.2) is 0 Å². The molecule has 0 bridgehead atoms. The summed E-state index contributed by atoms with van der Waals surface area (Å²) in [5.74, 6) is 1.25. The first-order chi connectivity index (χ1) is 14.1. The Bertz CT molecular complexity index is 972. The number of aromatic nitrogens is 2. The van der Waals surface area contributed by atoms with Crippen LogP contribution in [0.2, 0.25) is 0 Å². The number of H-pyrrole nitrogens is 1. The molecule has 0 spiro atoms. The van der Waals surface area contributed by atoms with Gasteiger partial charge in [0, 0.05) is 47.5 Å². The number of hydrogen-bond donors (Lipinski definition) is 2. The summed E-state index contributed by atoms with van der Waals surface area (Å²) in [5, 5.41) is 1.34. The fourth-order valence-electron chi connectivity index (χ4n) is 4.63. The molecule has 29 heavy (non-hydrogen) atoms. The minimum absolute atomic E-state index is 0.203. The number of methoxy groups -OCH3 is 1. The SMILES string of the molecule is CCc1c(-c2ccnc(OC)c2)[nH]c2ccc(C3CCN(C(N)CC)CC3)cc12. The Labute approximate surface area is 173 Å². The molecule has 1 atom stereocenters. The monoisotopic (exact) mass is 392 g/mol. The number of rotatable bonds is 6. The zero-order valence-corrected chi connectivity index (χ0v) is 17.7. The van der Waals surface area contributed by atoms with Crippen molar-refractivity contribution in [3.05, 3.63) is 47.7 Å². The predicted molar refractivity (Wildman–Crippen MR) is 119 cm³/mol. The molecular weight excluding hydrogens is 360 g/mol. The van der Waals surface area contributed by atoms with Gasteiger partial charge in [-0.2, -0.15) is 0 Å². The van der Waals surface area contributed by atoms with Crippen LogP contribution in [0, 0.1) is 0 Å². The summed E-state index contributed by atoms with van der Waals surface area (Å²) in [4.78, 5) is 10.3. The normalized spacial score (nSPS) is 17.0. The van der Waals surface area contributed by atoms with Crippen LogP contribution in [0.5, 0.6) is 5.88 Å². The number of piperidine rings is 1. The number of nitrogens with one attached hydrogen (secondary N) is 1. The number of nitrogens with two attached hydrogens (primary N) is 1. The quantitative estimate of drug-likeness (QED) is 0.639. The third kappa shape index (κ3) is 3.89. The zero-order valence-electron chi connectivity index (χ0n) is 17.7. The summed E-state index contributed by atoms with van der Waals surface area (Å²) < 4.78 is 5.32. The van der Waals surface area contributed by atoms with Gasteiger partial charge in [-0.15, -0.1) is 0 Å². The van der Waals surface area contributed by atoms with Crippen molar-refractivity contribution < 1.29 is 4.74 Å². The molecule has 2 aromatic heterocycles. The van der Waals surface area contributed by atoms with Gasteiger partial charge in [-0.1, -0.05) is 19.9 Å². The van der Waals surface area contributed by atoms with Crippen LogP contribution in [0.25, 0.3) is 22.2 Å². The van der Waals surface area contributed by atoms with Gasteiger partial charge >= 0.3 is 0 Å². The van der Waals surface area contributed by atoms with E-state index in [4.69, 9.17) is 10.5 Å². The van der Waals surface area contributed by atoms with Gasteiger partial charge in [-0.05, 0) is 60.9 Å². The van der Waals surface area contributed by atoms with E-state index in [9.17, 15) is 0 Å². The van der Waals surface area contributed by atoms with Gasteiger partial charge < -0.3 is 15.5 Å². The van der Waals surface area contributed by atoms with Crippen LogP contribution in [0.4, 0.5) is 0 Å². The van der Waals surface area contributed by atoms with Crippen molar-refractivity contribution >= 4 is 10.9 Å². The van der Waals surface area contributed by atoms with Crippen molar-refractivity contribution in [1.29, 1.82) is 0 Å². The molecule has 4 rings (SSSR count). The van der Waals surface area contributed by atoms with Crippen molar-refractivity contribution in [2.45, 2.75) is 51.6 Å². The minimum atomic E-state index is 0.203. The lowest BCUT2D eigenvalue weighted by atomic mass is 9.88. The molecule has 3 heterocycles. The molecule has 1 aliphatic rings. The molecular formula is C24H32N4O. The van der Waals surface area contributed by atoms with E-state index >= 15 is 0 Å². The van der Waals surface area contributed by atoms with Gasteiger partial charge in [0.25, 0.3) is 0 Å². The fourth-order valence-corrected chi connectivity index (χ4v) is 4.63. The second kappa shape index (κ2) is 8.56. The molecule has 0 saturated carbocycles. The number of aryl methyl sites for hydroxylation is 1. The molecule has 1 fully saturated rings. The van der Waals surface area contributed by atoms with E-state index in [-0.39, 0.29) is 6.17 Å². The van der Waals surface area contributed by atoms with Crippen molar-refractivity contribution in [2.24, 2.45) is 5.73 Å². The molecule has 0 radical (unpaired) electrons. The van der Waals surface area contributed by atoms with Crippen LogP contribution in [-0.4, -0.2) is 41.2 Å². The zero-order chi connectivity index (χ0) is 20.4. The number of hydrogen-bond acceptors (Lipinski definition) is 4. The average molecular weight is 393 g/mol. The Balaban J connectivity index is 1.64. The summed E-state index contributed by atoms with van der Waals surface area (Å²) >= 11 is 0. The van der Waals surface area contributed by atoms with E-state index in [1.807, 2.05) is 12.1 Å². The van der Waals surface area contributed by atoms with Crippen LogP contribution in [0.1, 0.15) is 50.2 Å². The third-order valence-corrected chi connectivity index (χ3v) is 6.40. The lowest BCUT2D eigenvalue weighted by Gasteiger charge is -2.35. The lowest BCUT2D eigenvalue weighted by molar-refractivity contribution is 0.151. The molecule has 1 aromatic carbocycles. The highest BCUT2D eigenvalue weighted by molar-refractivity contribution is 5.91. The Morgan fingerprint density at radius 2 is 2.00 bits per heavy atom. The van der Waals surface area contributed by atoms with Gasteiger partial charge in [-0.3, -0.25) is 4.90 Å². The predicted octanol–water partition coefficient (Wildman–Crippen LogP) is 4.68. The number of benzene rings is 1. The van der Waals surface area contributed by atoms with Crippen molar-refractivity contribution in [2.75, 3.05) is 20.2 Å². The van der Waals surface area contributed by atoms with E-state index in [0.717, 1.165) is 31.5 Å². The smallest absolute Gasteiger partial charge is 0.213 e. The second-order valence-electron chi connectivity index (χ2n) is 8.01. The first kappa shape index (κ1) is 19.9. The van der Waals surface area contributed by atoms with Gasteiger partial charge in [0.05, 0.1) is 13.3 Å². The van der Waals surface area contributed by atoms with E-state index in [2.05, 4.69) is 46.9 Å². The molecule has 1 saturated heterocycles. The molecule has 0 amide bonds. The molecule has 1 unspecified atom stereocenters. The summed E-state index contributed by atoms with van der Waals surface area (Å²) in [6.45, 7) is 6.57. The topological polar surface area (TPSA) is 67.2 Å². The van der Waals surface area contributed by atoms with Crippen molar-refractivity contribution in [3.8, 4) is 17.1 Å². The lowest BCUT2D eigenvalue weighted by Crippen LogP contribution is -2.45. The molecule has 1 aliphatic heterocycles. The number of likely N-dealkylation sites (tertiary alicyclic amines) is 1. The van der Waals surface area contributed by atoms with Crippen LogP contribution in [0.15, 0.2) is 36.5 Å². The average Bonchev–Trinajstić information content (AvgIpc) is 3.16. The maximum Gasteiger partial charge on any atom is 0.213 e. The fraction of sp³-hybridized carbons (Fsp3) is 0.458. The Kier molecular flexibility index (Phi) is 5.88. The standard InChI is InChI=1S/C24H32N4O/c1-4-19-20-14-17(16-9-12-28(13-10-16)22(25)5-2)6-7-21(20)27-24(19)18-8-11-26-23(15-18)29-3/h6-8,11,14-16,22,27H,4-5,9-10,12-13,25H2,1-3H3. The molecule has 3 aromatic rings. The maximum absolute atomic E-state index is 6.23. The van der Waals surface area contributed by atoms with Crippen LogP contribution >= 0.6 is 0 Å². The van der Waals surface area contributed by atoms with Crippen molar-refractivity contribution in [1.82, 2.24) is 14.9 Å². The third-order valence-electron chi connectivity index (χ3n) is 6.40.